The molecule has 2 aliphatic rings. The first-order chi connectivity index (χ1) is 8.25. The van der Waals surface area contributed by atoms with Crippen LogP contribution < -0.4 is 5.32 Å². The van der Waals surface area contributed by atoms with Gasteiger partial charge in [0.2, 0.25) is 0 Å². The molecule has 3 nitrogen and oxygen atoms in total. The maximum Gasteiger partial charge on any atom is 0.317 e. The Kier molecular flexibility index (Phi) is 2.63. The smallest absolute Gasteiger partial charge is 0.317 e. The number of rotatable bonds is 3. The van der Waals surface area contributed by atoms with E-state index in [0.29, 0.717) is 11.8 Å². The van der Waals surface area contributed by atoms with Crippen molar-refractivity contribution in [1.82, 2.24) is 5.32 Å². The Morgan fingerprint density at radius 3 is 2.82 bits per heavy atom. The minimum atomic E-state index is -0.775. The van der Waals surface area contributed by atoms with Gasteiger partial charge in [0.05, 0.1) is 6.54 Å². The number of hydrogen-bond acceptors (Lipinski definition) is 2. The number of hydrogen-bond donors (Lipinski definition) is 2. The van der Waals surface area contributed by atoms with Crippen LogP contribution in [0.25, 0.3) is 0 Å². The molecule has 3 unspecified atom stereocenters. The van der Waals surface area contributed by atoms with Gasteiger partial charge in [-0.15, -0.1) is 0 Å². The Morgan fingerprint density at radius 2 is 2.06 bits per heavy atom. The van der Waals surface area contributed by atoms with Crippen LogP contribution in [0.1, 0.15) is 42.3 Å². The van der Waals surface area contributed by atoms with Crippen LogP contribution in [0.4, 0.5) is 0 Å². The van der Waals surface area contributed by atoms with Crippen molar-refractivity contribution in [2.75, 3.05) is 6.54 Å². The van der Waals surface area contributed by atoms with Crippen LogP contribution in [0.15, 0.2) is 24.3 Å². The maximum atomic E-state index is 10.7. The van der Waals surface area contributed by atoms with E-state index in [1.165, 1.54) is 30.4 Å². The lowest BCUT2D eigenvalue weighted by atomic mass is 9.79. The summed E-state index contributed by atoms with van der Waals surface area (Å²) in [6.07, 6.45) is 3.69. The molecule has 1 fully saturated rings. The zero-order valence-electron chi connectivity index (χ0n) is 9.73. The monoisotopic (exact) mass is 231 g/mol. The molecular weight excluding hydrogens is 214 g/mol. The van der Waals surface area contributed by atoms with E-state index in [-0.39, 0.29) is 12.6 Å². The first-order valence-electron chi connectivity index (χ1n) is 6.29. The van der Waals surface area contributed by atoms with Gasteiger partial charge in [0.15, 0.2) is 0 Å². The Hall–Kier alpha value is -1.35. The summed E-state index contributed by atoms with van der Waals surface area (Å²) < 4.78 is 0. The van der Waals surface area contributed by atoms with E-state index in [1.807, 2.05) is 0 Å². The molecule has 17 heavy (non-hydrogen) atoms. The highest BCUT2D eigenvalue weighted by atomic mass is 16.4. The molecule has 1 aromatic carbocycles. The van der Waals surface area contributed by atoms with Gasteiger partial charge < -0.3 is 5.11 Å². The Bertz CT molecular complexity index is 444. The predicted octanol–water partition coefficient (Wildman–Crippen LogP) is 2.30. The minimum Gasteiger partial charge on any atom is -0.480 e. The quantitative estimate of drug-likeness (QED) is 0.839. The predicted molar refractivity (Wildman–Crippen MR) is 64.9 cm³/mol. The fourth-order valence-electron chi connectivity index (χ4n) is 3.50. The SMILES string of the molecule is O=C(O)CNC1c2ccccc2C2CCC1C2. The summed E-state index contributed by atoms with van der Waals surface area (Å²) in [5.41, 5.74) is 2.76. The molecule has 1 saturated carbocycles. The summed E-state index contributed by atoms with van der Waals surface area (Å²) in [5.74, 6) is 0.552. The lowest BCUT2D eigenvalue weighted by Gasteiger charge is -2.32. The molecule has 2 N–H and O–H groups in total. The average Bonchev–Trinajstić information content (AvgIpc) is 2.74. The number of carboxylic acid groups (broad SMARTS) is 1. The summed E-state index contributed by atoms with van der Waals surface area (Å²) in [6.45, 7) is 0.0557. The molecule has 0 radical (unpaired) electrons. The molecule has 2 bridgehead atoms. The third kappa shape index (κ3) is 1.84. The fraction of sp³-hybridized carbons (Fsp3) is 0.500. The standard InChI is InChI=1S/C14H17NO2/c16-13(17)8-15-14-10-6-5-9(7-10)11-3-1-2-4-12(11)14/h1-4,9-10,14-15H,5-8H2,(H,16,17). The van der Waals surface area contributed by atoms with Crippen molar-refractivity contribution in [3.05, 3.63) is 35.4 Å². The molecule has 2 aliphatic carbocycles. The van der Waals surface area contributed by atoms with Crippen LogP contribution in [0, 0.1) is 5.92 Å². The van der Waals surface area contributed by atoms with Crippen molar-refractivity contribution in [3.8, 4) is 0 Å². The lowest BCUT2D eigenvalue weighted by molar-refractivity contribution is -0.136. The van der Waals surface area contributed by atoms with Crippen LogP contribution in [-0.2, 0) is 4.79 Å². The highest BCUT2D eigenvalue weighted by molar-refractivity contribution is 5.69. The molecule has 0 spiro atoms. The van der Waals surface area contributed by atoms with Gasteiger partial charge in [-0.1, -0.05) is 24.3 Å². The average molecular weight is 231 g/mol. The molecular formula is C14H17NO2. The number of aliphatic carboxylic acids is 1. The Labute approximate surface area is 101 Å². The van der Waals surface area contributed by atoms with Gasteiger partial charge in [-0.2, -0.15) is 0 Å². The van der Waals surface area contributed by atoms with Crippen molar-refractivity contribution in [1.29, 1.82) is 0 Å². The van der Waals surface area contributed by atoms with Gasteiger partial charge >= 0.3 is 5.97 Å². The fourth-order valence-corrected chi connectivity index (χ4v) is 3.50. The van der Waals surface area contributed by atoms with Crippen LogP contribution in [-0.4, -0.2) is 17.6 Å². The molecule has 1 aromatic rings. The molecule has 0 heterocycles. The first-order valence-corrected chi connectivity index (χ1v) is 6.29. The largest absolute Gasteiger partial charge is 0.480 e. The summed E-state index contributed by atoms with van der Waals surface area (Å²) in [6, 6.07) is 8.74. The van der Waals surface area contributed by atoms with Crippen LogP contribution in [0.5, 0.6) is 0 Å². The van der Waals surface area contributed by atoms with Gasteiger partial charge in [0, 0.05) is 6.04 Å². The van der Waals surface area contributed by atoms with E-state index in [2.05, 4.69) is 29.6 Å². The van der Waals surface area contributed by atoms with Gasteiger partial charge in [-0.3, -0.25) is 10.1 Å². The molecule has 0 aromatic heterocycles. The van der Waals surface area contributed by atoms with Crippen molar-refractivity contribution in [3.63, 3.8) is 0 Å². The van der Waals surface area contributed by atoms with Crippen LogP contribution >= 0.6 is 0 Å². The first kappa shape index (κ1) is 10.8. The van der Waals surface area contributed by atoms with E-state index in [9.17, 15) is 4.79 Å². The molecule has 3 rings (SSSR count). The highest BCUT2D eigenvalue weighted by Crippen LogP contribution is 2.50. The van der Waals surface area contributed by atoms with E-state index >= 15 is 0 Å². The van der Waals surface area contributed by atoms with Crippen LogP contribution in [0.3, 0.4) is 0 Å². The third-order valence-electron chi connectivity index (χ3n) is 4.19. The maximum absolute atomic E-state index is 10.7. The number of fused-ring (bicyclic) bond motifs is 4. The van der Waals surface area contributed by atoms with E-state index < -0.39 is 5.97 Å². The molecule has 0 aliphatic heterocycles. The van der Waals surface area contributed by atoms with Crippen molar-refractivity contribution < 1.29 is 9.90 Å². The molecule has 3 heteroatoms. The van der Waals surface area contributed by atoms with Crippen LogP contribution in [0.2, 0.25) is 0 Å². The molecule has 3 atom stereocenters. The summed E-state index contributed by atoms with van der Waals surface area (Å²) >= 11 is 0. The second-order valence-electron chi connectivity index (χ2n) is 5.15. The number of benzene rings is 1. The van der Waals surface area contributed by atoms with Gasteiger partial charge in [-0.25, -0.2) is 0 Å². The number of carbonyl (C=O) groups is 1. The second-order valence-corrected chi connectivity index (χ2v) is 5.15. The third-order valence-corrected chi connectivity index (χ3v) is 4.19. The van der Waals surface area contributed by atoms with Crippen molar-refractivity contribution >= 4 is 5.97 Å². The topological polar surface area (TPSA) is 49.3 Å². The lowest BCUT2D eigenvalue weighted by Crippen LogP contribution is -2.34. The molecule has 0 amide bonds. The Balaban J connectivity index is 1.90. The molecule has 0 saturated heterocycles. The van der Waals surface area contributed by atoms with Gasteiger partial charge in [0.25, 0.3) is 0 Å². The summed E-state index contributed by atoms with van der Waals surface area (Å²) in [7, 11) is 0. The number of nitrogens with one attached hydrogen (secondary N) is 1. The Morgan fingerprint density at radius 1 is 1.29 bits per heavy atom. The normalized spacial score (nSPS) is 30.0. The zero-order valence-corrected chi connectivity index (χ0v) is 9.73. The van der Waals surface area contributed by atoms with E-state index in [0.717, 1.165) is 0 Å². The van der Waals surface area contributed by atoms with Gasteiger partial charge in [-0.05, 0) is 42.2 Å². The van der Waals surface area contributed by atoms with E-state index in [1.54, 1.807) is 0 Å². The number of carboxylic acids is 1. The minimum absolute atomic E-state index is 0.0557. The van der Waals surface area contributed by atoms with E-state index in [4.69, 9.17) is 5.11 Å². The summed E-state index contributed by atoms with van der Waals surface area (Å²) in [4.78, 5) is 10.7. The van der Waals surface area contributed by atoms with Crippen molar-refractivity contribution in [2.24, 2.45) is 5.92 Å². The van der Waals surface area contributed by atoms with Gasteiger partial charge in [0.1, 0.15) is 0 Å². The summed E-state index contributed by atoms with van der Waals surface area (Å²) in [5, 5.41) is 12.0. The van der Waals surface area contributed by atoms with Crippen molar-refractivity contribution in [2.45, 2.75) is 31.2 Å². The molecule has 90 valence electrons. The zero-order chi connectivity index (χ0) is 11.8. The highest BCUT2D eigenvalue weighted by Gasteiger charge is 2.39. The second kappa shape index (κ2) is 4.15.